The van der Waals surface area contributed by atoms with E-state index < -0.39 is 34.4 Å². The smallest absolute Gasteiger partial charge is 0.180 e. The van der Waals surface area contributed by atoms with Gasteiger partial charge in [-0.1, -0.05) is 72.8 Å². The third kappa shape index (κ3) is 3.65. The van der Waals surface area contributed by atoms with E-state index in [0.29, 0.717) is 22.2 Å². The maximum atomic E-state index is 14.7. The van der Waals surface area contributed by atoms with E-state index in [1.54, 1.807) is 12.1 Å². The van der Waals surface area contributed by atoms with E-state index in [4.69, 9.17) is 14.9 Å². The van der Waals surface area contributed by atoms with E-state index in [1.807, 2.05) is 60.7 Å². The first kappa shape index (κ1) is 24.4. The van der Waals surface area contributed by atoms with Crippen LogP contribution in [-0.4, -0.2) is 15.3 Å². The van der Waals surface area contributed by atoms with Crippen molar-refractivity contribution in [2.24, 2.45) is 0 Å². The van der Waals surface area contributed by atoms with Crippen LogP contribution in [0.15, 0.2) is 89.6 Å². The molecule has 0 aliphatic rings. The topological polar surface area (TPSA) is 75.6 Å². The summed E-state index contributed by atoms with van der Waals surface area (Å²) in [6.07, 6.45) is 0. The Morgan fingerprint density at radius 3 is 1.98 bits per heavy atom. The average molecular weight is 546 g/mol. The van der Waals surface area contributed by atoms with Crippen LogP contribution >= 0.6 is 0 Å². The minimum absolute atomic E-state index is 0.112. The van der Waals surface area contributed by atoms with Crippen LogP contribution in [0.3, 0.4) is 0 Å². The number of nitriles is 1. The van der Waals surface area contributed by atoms with Crippen molar-refractivity contribution in [2.45, 2.75) is 0 Å². The molecule has 0 bridgehead atoms. The van der Waals surface area contributed by atoms with E-state index in [2.05, 4.69) is 10.3 Å². The Bertz CT molecular complexity index is 2180. The molecule has 0 N–H and O–H groups in total. The number of hydrogen-bond acceptors (Lipinski definition) is 5. The molecule has 0 saturated heterocycles. The van der Waals surface area contributed by atoms with Crippen LogP contribution in [0.5, 0.6) is 0 Å². The Balaban J connectivity index is 1.47. The number of fused-ring (bicyclic) bond motifs is 5. The summed E-state index contributed by atoms with van der Waals surface area (Å²) in [5.74, 6) is -6.79. The molecule has 0 atom stereocenters. The summed E-state index contributed by atoms with van der Waals surface area (Å²) < 4.78 is 63.1. The normalized spacial score (nSPS) is 11.4. The fourth-order valence-corrected chi connectivity index (χ4v) is 5.20. The standard InChI is InChI=1S/C32H14F4N4O/c33-26-22(15-37)27(34)29(36)24(28(26)35)17-12-10-16(11-13-17)20-14-21-25(32-31(20)39-41-40-32)19-8-4-5-9-23(19)38-30(21)18-6-2-1-3-7-18/h1-14H. The second kappa shape index (κ2) is 9.24. The molecule has 0 amide bonds. The lowest BCUT2D eigenvalue weighted by Crippen LogP contribution is -2.03. The maximum Gasteiger partial charge on any atom is 0.180 e. The molecule has 0 spiro atoms. The number of pyridine rings is 1. The van der Waals surface area contributed by atoms with Gasteiger partial charge in [-0.3, -0.25) is 0 Å². The van der Waals surface area contributed by atoms with Gasteiger partial charge in [-0.2, -0.15) is 5.26 Å². The molecule has 41 heavy (non-hydrogen) atoms. The van der Waals surface area contributed by atoms with Gasteiger partial charge in [0.15, 0.2) is 23.3 Å². The molecule has 2 aromatic heterocycles. The largest absolute Gasteiger partial charge is 0.247 e. The summed E-state index contributed by atoms with van der Waals surface area (Å²) in [4.78, 5) is 4.95. The first-order valence-electron chi connectivity index (χ1n) is 12.4. The number of halogens is 4. The molecule has 9 heteroatoms. The SMILES string of the molecule is N#Cc1c(F)c(F)c(-c2ccc(-c3cc4c(-c5ccccc5)nc5ccccc5c4c4nonc34)cc2)c(F)c1F. The van der Waals surface area contributed by atoms with E-state index in [-0.39, 0.29) is 5.56 Å². The maximum absolute atomic E-state index is 14.7. The number of hydrogen-bond donors (Lipinski definition) is 0. The summed E-state index contributed by atoms with van der Waals surface area (Å²) >= 11 is 0. The van der Waals surface area contributed by atoms with E-state index in [0.717, 1.165) is 39.0 Å². The van der Waals surface area contributed by atoms with Crippen LogP contribution in [0.25, 0.3) is 66.2 Å². The molecule has 0 saturated carbocycles. The Hall–Kier alpha value is -5.62. The van der Waals surface area contributed by atoms with Crippen LogP contribution < -0.4 is 0 Å². The lowest BCUT2D eigenvalue weighted by molar-refractivity contribution is 0.316. The van der Waals surface area contributed by atoms with Gasteiger partial charge in [-0.05, 0) is 33.6 Å². The van der Waals surface area contributed by atoms with Crippen molar-refractivity contribution in [1.82, 2.24) is 15.3 Å². The van der Waals surface area contributed by atoms with Gasteiger partial charge in [0, 0.05) is 27.3 Å². The number of rotatable bonds is 3. The fraction of sp³-hybridized carbons (Fsp3) is 0. The molecule has 0 aliphatic carbocycles. The molecule has 0 fully saturated rings. The van der Waals surface area contributed by atoms with Crippen LogP contribution in [0.2, 0.25) is 0 Å². The van der Waals surface area contributed by atoms with Gasteiger partial charge >= 0.3 is 0 Å². The van der Waals surface area contributed by atoms with Gasteiger partial charge in [0.05, 0.1) is 16.8 Å². The number of para-hydroxylation sites is 1. The lowest BCUT2D eigenvalue weighted by atomic mass is 9.93. The number of benzene rings is 5. The quantitative estimate of drug-likeness (QED) is 0.126. The molecular formula is C32H14F4N4O. The van der Waals surface area contributed by atoms with Crippen molar-refractivity contribution in [3.8, 4) is 39.6 Å². The number of aromatic nitrogens is 3. The highest BCUT2D eigenvalue weighted by Crippen LogP contribution is 2.41. The molecule has 7 aromatic rings. The second-order valence-electron chi connectivity index (χ2n) is 9.35. The lowest BCUT2D eigenvalue weighted by Gasteiger charge is -2.13. The Kier molecular flexibility index (Phi) is 5.51. The first-order chi connectivity index (χ1) is 20.0. The van der Waals surface area contributed by atoms with Crippen LogP contribution in [0, 0.1) is 34.6 Å². The summed E-state index contributed by atoms with van der Waals surface area (Å²) in [7, 11) is 0. The highest BCUT2D eigenvalue weighted by atomic mass is 19.2. The van der Waals surface area contributed by atoms with Gasteiger partial charge in [-0.15, -0.1) is 0 Å². The number of nitrogens with zero attached hydrogens (tertiary/aromatic N) is 4. The molecule has 0 radical (unpaired) electrons. The zero-order chi connectivity index (χ0) is 28.2. The van der Waals surface area contributed by atoms with Gasteiger partial charge in [0.2, 0.25) is 0 Å². The Morgan fingerprint density at radius 2 is 1.27 bits per heavy atom. The van der Waals surface area contributed by atoms with Crippen molar-refractivity contribution >= 4 is 32.7 Å². The fourth-order valence-electron chi connectivity index (χ4n) is 5.20. The van der Waals surface area contributed by atoms with Crippen molar-refractivity contribution in [3.05, 3.63) is 114 Å². The predicted molar refractivity (Wildman–Crippen MR) is 145 cm³/mol. The van der Waals surface area contributed by atoms with Gasteiger partial charge in [0.1, 0.15) is 22.7 Å². The molecule has 196 valence electrons. The Labute approximate surface area is 228 Å². The summed E-state index contributed by atoms with van der Waals surface area (Å²) in [5, 5.41) is 19.7. The van der Waals surface area contributed by atoms with Gasteiger partial charge in [0.25, 0.3) is 0 Å². The van der Waals surface area contributed by atoms with Crippen LogP contribution in [0.1, 0.15) is 5.56 Å². The summed E-state index contributed by atoms with van der Waals surface area (Å²) in [6.45, 7) is 0. The van der Waals surface area contributed by atoms with Crippen molar-refractivity contribution in [2.75, 3.05) is 0 Å². The third-order valence-electron chi connectivity index (χ3n) is 7.11. The second-order valence-corrected chi connectivity index (χ2v) is 9.35. The van der Waals surface area contributed by atoms with Crippen molar-refractivity contribution < 1.29 is 22.2 Å². The molecule has 2 heterocycles. The van der Waals surface area contributed by atoms with Crippen LogP contribution in [-0.2, 0) is 0 Å². The first-order valence-corrected chi connectivity index (χ1v) is 12.4. The predicted octanol–water partition coefficient (Wildman–Crippen LogP) is 8.35. The van der Waals surface area contributed by atoms with Crippen molar-refractivity contribution in [1.29, 1.82) is 5.26 Å². The summed E-state index contributed by atoms with van der Waals surface area (Å²) in [6, 6.07) is 26.2. The molecule has 0 aliphatic heterocycles. The van der Waals surface area contributed by atoms with Gasteiger partial charge in [-0.25, -0.2) is 27.2 Å². The minimum atomic E-state index is -1.75. The molecule has 5 nitrogen and oxygen atoms in total. The molecule has 7 rings (SSSR count). The highest BCUT2D eigenvalue weighted by Gasteiger charge is 2.26. The Morgan fingerprint density at radius 1 is 0.634 bits per heavy atom. The summed E-state index contributed by atoms with van der Waals surface area (Å²) in [5.41, 5.74) is 2.19. The average Bonchev–Trinajstić information content (AvgIpc) is 3.51. The molecular weight excluding hydrogens is 532 g/mol. The zero-order valence-electron chi connectivity index (χ0n) is 20.8. The van der Waals surface area contributed by atoms with E-state index in [9.17, 15) is 17.6 Å². The van der Waals surface area contributed by atoms with E-state index in [1.165, 1.54) is 12.1 Å². The molecule has 5 aromatic carbocycles. The van der Waals surface area contributed by atoms with Gasteiger partial charge < -0.3 is 0 Å². The van der Waals surface area contributed by atoms with E-state index >= 15 is 0 Å². The zero-order valence-corrected chi connectivity index (χ0v) is 20.8. The monoisotopic (exact) mass is 546 g/mol. The minimum Gasteiger partial charge on any atom is -0.247 e. The van der Waals surface area contributed by atoms with Crippen molar-refractivity contribution in [3.63, 3.8) is 0 Å². The molecule has 0 unspecified atom stereocenters. The third-order valence-corrected chi connectivity index (χ3v) is 7.11. The highest BCUT2D eigenvalue weighted by molar-refractivity contribution is 6.23. The van der Waals surface area contributed by atoms with Crippen LogP contribution in [0.4, 0.5) is 17.6 Å².